The minimum Gasteiger partial charge on any atom is -0.323 e. The highest BCUT2D eigenvalue weighted by molar-refractivity contribution is 5.95. The van der Waals surface area contributed by atoms with Crippen LogP contribution in [0.5, 0.6) is 0 Å². The van der Waals surface area contributed by atoms with E-state index in [2.05, 4.69) is 10.3 Å². The summed E-state index contributed by atoms with van der Waals surface area (Å²) in [6.45, 7) is 9.61. The Morgan fingerprint density at radius 1 is 1.35 bits per heavy atom. The lowest BCUT2D eigenvalue weighted by molar-refractivity contribution is -0.119. The number of amides is 1. The smallest absolute Gasteiger partial charge is 0.241 e. The Labute approximate surface area is 103 Å². The zero-order valence-electron chi connectivity index (χ0n) is 11.2. The summed E-state index contributed by atoms with van der Waals surface area (Å²) in [7, 11) is 0. The molecule has 1 rings (SSSR count). The van der Waals surface area contributed by atoms with Gasteiger partial charge >= 0.3 is 0 Å². The van der Waals surface area contributed by atoms with E-state index in [1.807, 2.05) is 46.8 Å². The molecule has 0 saturated carbocycles. The average molecular weight is 235 g/mol. The third-order valence-electron chi connectivity index (χ3n) is 2.70. The fraction of sp³-hybridized carbons (Fsp3) is 0.538. The number of rotatable bonds is 2. The molecule has 1 aromatic rings. The molecule has 4 nitrogen and oxygen atoms in total. The Morgan fingerprint density at radius 3 is 2.41 bits per heavy atom. The first-order valence-corrected chi connectivity index (χ1v) is 5.72. The van der Waals surface area contributed by atoms with Crippen molar-refractivity contribution in [3.63, 3.8) is 0 Å². The lowest BCUT2D eigenvalue weighted by atomic mass is 9.87. The predicted molar refractivity (Wildman–Crippen MR) is 69.8 cm³/mol. The first kappa shape index (κ1) is 13.6. The maximum atomic E-state index is 11.9. The number of carbonyl (C=O) groups is 1. The molecule has 17 heavy (non-hydrogen) atoms. The number of nitrogens with two attached hydrogens (primary N) is 1. The van der Waals surface area contributed by atoms with Crippen molar-refractivity contribution in [1.29, 1.82) is 0 Å². The molecule has 0 bridgehead atoms. The van der Waals surface area contributed by atoms with Gasteiger partial charge in [-0.25, -0.2) is 0 Å². The first-order valence-electron chi connectivity index (χ1n) is 5.72. The van der Waals surface area contributed by atoms with Crippen molar-refractivity contribution in [3.05, 3.63) is 23.5 Å². The molecule has 3 N–H and O–H groups in total. The second kappa shape index (κ2) is 4.84. The molecule has 0 radical (unpaired) electrons. The van der Waals surface area contributed by atoms with Crippen LogP contribution in [0.4, 0.5) is 5.69 Å². The van der Waals surface area contributed by atoms with Crippen LogP contribution in [0.3, 0.4) is 0 Å². The average Bonchev–Trinajstić information content (AvgIpc) is 2.19. The van der Waals surface area contributed by atoms with Gasteiger partial charge in [-0.1, -0.05) is 20.8 Å². The molecule has 0 spiro atoms. The van der Waals surface area contributed by atoms with Crippen LogP contribution in [-0.2, 0) is 4.79 Å². The van der Waals surface area contributed by atoms with Crippen molar-refractivity contribution >= 4 is 11.6 Å². The molecular formula is C13H21N3O. The number of carbonyl (C=O) groups excluding carboxylic acids is 1. The van der Waals surface area contributed by atoms with Crippen molar-refractivity contribution in [2.45, 2.75) is 40.7 Å². The van der Waals surface area contributed by atoms with Gasteiger partial charge in [-0.2, -0.15) is 0 Å². The zero-order chi connectivity index (χ0) is 13.2. The minimum atomic E-state index is -0.539. The van der Waals surface area contributed by atoms with E-state index in [1.165, 1.54) is 0 Å². The second-order valence-corrected chi connectivity index (χ2v) is 5.42. The summed E-state index contributed by atoms with van der Waals surface area (Å²) in [6, 6.07) is 3.18. The van der Waals surface area contributed by atoms with E-state index in [4.69, 9.17) is 5.73 Å². The molecule has 0 aliphatic rings. The number of anilines is 1. The summed E-state index contributed by atoms with van der Waals surface area (Å²) in [5.41, 5.74) is 8.09. The van der Waals surface area contributed by atoms with Crippen LogP contribution in [0.2, 0.25) is 0 Å². The van der Waals surface area contributed by atoms with Gasteiger partial charge in [-0.15, -0.1) is 0 Å². The molecule has 0 aliphatic heterocycles. The molecule has 1 atom stereocenters. The summed E-state index contributed by atoms with van der Waals surface area (Å²) in [6.07, 6.45) is 0. The van der Waals surface area contributed by atoms with Gasteiger partial charge in [0.25, 0.3) is 0 Å². The van der Waals surface area contributed by atoms with Crippen LogP contribution in [0.25, 0.3) is 0 Å². The van der Waals surface area contributed by atoms with Crippen molar-refractivity contribution in [1.82, 2.24) is 4.98 Å². The lowest BCUT2D eigenvalue weighted by Crippen LogP contribution is -2.45. The quantitative estimate of drug-likeness (QED) is 0.824. The van der Waals surface area contributed by atoms with Crippen molar-refractivity contribution in [3.8, 4) is 0 Å². The summed E-state index contributed by atoms with van der Waals surface area (Å²) in [5, 5.41) is 2.82. The Bertz CT molecular complexity index is 421. The van der Waals surface area contributed by atoms with E-state index in [1.54, 1.807) is 0 Å². The van der Waals surface area contributed by atoms with Crippen LogP contribution in [0, 0.1) is 19.3 Å². The third kappa shape index (κ3) is 3.53. The highest BCUT2D eigenvalue weighted by Gasteiger charge is 2.27. The highest BCUT2D eigenvalue weighted by Crippen LogP contribution is 2.20. The summed E-state index contributed by atoms with van der Waals surface area (Å²) in [4.78, 5) is 16.2. The van der Waals surface area contributed by atoms with Crippen molar-refractivity contribution in [2.75, 3.05) is 5.32 Å². The molecule has 0 unspecified atom stereocenters. The Morgan fingerprint density at radius 2 is 1.94 bits per heavy atom. The van der Waals surface area contributed by atoms with Crippen molar-refractivity contribution < 1.29 is 4.79 Å². The molecule has 0 aliphatic carbocycles. The van der Waals surface area contributed by atoms with E-state index in [9.17, 15) is 4.79 Å². The number of aryl methyl sites for hydroxylation is 2. The molecule has 1 heterocycles. The van der Waals surface area contributed by atoms with E-state index in [-0.39, 0.29) is 11.3 Å². The lowest BCUT2D eigenvalue weighted by Gasteiger charge is -2.26. The van der Waals surface area contributed by atoms with E-state index < -0.39 is 6.04 Å². The zero-order valence-corrected chi connectivity index (χ0v) is 11.2. The Kier molecular flexibility index (Phi) is 3.88. The maximum absolute atomic E-state index is 11.9. The Hall–Kier alpha value is -1.42. The predicted octanol–water partition coefficient (Wildman–Crippen LogP) is 2.01. The number of nitrogens with one attached hydrogen (secondary N) is 1. The summed E-state index contributed by atoms with van der Waals surface area (Å²) >= 11 is 0. The van der Waals surface area contributed by atoms with Crippen LogP contribution in [0.15, 0.2) is 12.1 Å². The van der Waals surface area contributed by atoms with Crippen LogP contribution in [0.1, 0.15) is 32.2 Å². The van der Waals surface area contributed by atoms with Gasteiger partial charge in [0.2, 0.25) is 5.91 Å². The molecule has 0 fully saturated rings. The molecule has 94 valence electrons. The van der Waals surface area contributed by atoms with Gasteiger partial charge in [0, 0.05) is 5.69 Å². The fourth-order valence-electron chi connectivity index (χ4n) is 1.42. The fourth-order valence-corrected chi connectivity index (χ4v) is 1.42. The van der Waals surface area contributed by atoms with E-state index in [0.29, 0.717) is 0 Å². The van der Waals surface area contributed by atoms with Crippen LogP contribution < -0.4 is 11.1 Å². The van der Waals surface area contributed by atoms with Crippen LogP contribution >= 0.6 is 0 Å². The van der Waals surface area contributed by atoms with Gasteiger partial charge in [0.15, 0.2) is 0 Å². The normalized spacial score (nSPS) is 13.3. The largest absolute Gasteiger partial charge is 0.323 e. The summed E-state index contributed by atoms with van der Waals surface area (Å²) < 4.78 is 0. The molecule has 0 saturated heterocycles. The van der Waals surface area contributed by atoms with Gasteiger partial charge in [0.05, 0.1) is 17.4 Å². The molecule has 0 aromatic carbocycles. The number of hydrogen-bond donors (Lipinski definition) is 2. The van der Waals surface area contributed by atoms with Gasteiger partial charge in [-0.3, -0.25) is 9.78 Å². The maximum Gasteiger partial charge on any atom is 0.241 e. The van der Waals surface area contributed by atoms with Gasteiger partial charge in [0.1, 0.15) is 0 Å². The number of pyridine rings is 1. The molecular weight excluding hydrogens is 214 g/mol. The molecule has 1 amide bonds. The van der Waals surface area contributed by atoms with Gasteiger partial charge < -0.3 is 11.1 Å². The number of aromatic nitrogens is 1. The van der Waals surface area contributed by atoms with Crippen molar-refractivity contribution in [2.24, 2.45) is 11.1 Å². The standard InChI is InChI=1S/C13H21N3O/c1-8-6-7-10(9(2)15-8)16-12(17)11(14)13(3,4)5/h6-7,11H,14H2,1-5H3,(H,16,17)/t11-/m1/s1. The topological polar surface area (TPSA) is 68.0 Å². The highest BCUT2D eigenvalue weighted by atomic mass is 16.2. The Balaban J connectivity index is 2.82. The molecule has 4 heteroatoms. The minimum absolute atomic E-state index is 0.175. The second-order valence-electron chi connectivity index (χ2n) is 5.42. The van der Waals surface area contributed by atoms with Crippen LogP contribution in [-0.4, -0.2) is 16.9 Å². The SMILES string of the molecule is Cc1ccc(NC(=O)[C@@H](N)C(C)(C)C)c(C)n1. The first-order chi connectivity index (χ1) is 7.71. The van der Waals surface area contributed by atoms with E-state index in [0.717, 1.165) is 17.1 Å². The summed E-state index contributed by atoms with van der Waals surface area (Å²) in [5.74, 6) is -0.175. The number of hydrogen-bond acceptors (Lipinski definition) is 3. The number of nitrogens with zero attached hydrogens (tertiary/aromatic N) is 1. The van der Waals surface area contributed by atoms with E-state index >= 15 is 0 Å². The third-order valence-corrected chi connectivity index (χ3v) is 2.70. The molecule has 1 aromatic heterocycles. The monoisotopic (exact) mass is 235 g/mol. The van der Waals surface area contributed by atoms with Gasteiger partial charge in [-0.05, 0) is 31.4 Å².